The SMILES string of the molecule is C[C@@](O)(CN1CCN(c2ccc(OCCO)cc2C#N)[C@H](c2ccc(Cl)cc2)C1)c1ccc(C#N)cc1. The van der Waals surface area contributed by atoms with Crippen molar-refractivity contribution in [1.29, 1.82) is 10.5 Å². The standard InChI is InChI=1S/C29H29ClN4O3/c1-29(36,24-6-2-21(17-31)3-7-24)20-33-12-13-34(28(19-33)22-4-8-25(30)9-5-22)27-11-10-26(37-15-14-35)16-23(27)18-32/h2-11,16,28,35-36H,12-15,19-20H2,1H3/t28-,29+/m0/s1. The first-order valence-corrected chi connectivity index (χ1v) is 12.5. The van der Waals surface area contributed by atoms with Gasteiger partial charge in [-0.25, -0.2) is 0 Å². The molecule has 2 N–H and O–H groups in total. The van der Waals surface area contributed by atoms with Gasteiger partial charge in [0.05, 0.1) is 41.1 Å². The van der Waals surface area contributed by atoms with Gasteiger partial charge in [0.2, 0.25) is 0 Å². The number of hydrogen-bond acceptors (Lipinski definition) is 7. The summed E-state index contributed by atoms with van der Waals surface area (Å²) in [6.45, 7) is 4.22. The number of hydrogen-bond donors (Lipinski definition) is 2. The zero-order chi connectivity index (χ0) is 26.4. The molecule has 1 aliphatic rings. The zero-order valence-corrected chi connectivity index (χ0v) is 21.4. The quantitative estimate of drug-likeness (QED) is 0.462. The Bertz CT molecular complexity index is 1300. The van der Waals surface area contributed by atoms with Crippen LogP contribution in [0.3, 0.4) is 0 Å². The summed E-state index contributed by atoms with van der Waals surface area (Å²) >= 11 is 6.16. The van der Waals surface area contributed by atoms with Crippen LogP contribution in [-0.2, 0) is 5.60 Å². The molecule has 0 saturated carbocycles. The first-order valence-electron chi connectivity index (χ1n) is 12.1. The van der Waals surface area contributed by atoms with Crippen molar-refractivity contribution in [3.8, 4) is 17.9 Å². The lowest BCUT2D eigenvalue weighted by Crippen LogP contribution is -2.52. The Hall–Kier alpha value is -3.59. The molecule has 0 spiro atoms. The summed E-state index contributed by atoms with van der Waals surface area (Å²) in [4.78, 5) is 4.43. The molecule has 3 aromatic carbocycles. The Morgan fingerprint density at radius 1 is 1.03 bits per heavy atom. The molecule has 0 amide bonds. The van der Waals surface area contributed by atoms with Crippen LogP contribution in [0.4, 0.5) is 5.69 Å². The van der Waals surface area contributed by atoms with E-state index in [2.05, 4.69) is 21.9 Å². The van der Waals surface area contributed by atoms with Gasteiger partial charge in [-0.1, -0.05) is 35.9 Å². The van der Waals surface area contributed by atoms with Gasteiger partial charge in [-0.05, 0) is 60.5 Å². The van der Waals surface area contributed by atoms with Crippen molar-refractivity contribution in [2.45, 2.75) is 18.6 Å². The first kappa shape index (κ1) is 26.5. The highest BCUT2D eigenvalue weighted by atomic mass is 35.5. The van der Waals surface area contributed by atoms with Gasteiger partial charge < -0.3 is 19.8 Å². The van der Waals surface area contributed by atoms with Crippen molar-refractivity contribution in [3.63, 3.8) is 0 Å². The van der Waals surface area contributed by atoms with Crippen molar-refractivity contribution in [1.82, 2.24) is 4.90 Å². The Labute approximate surface area is 222 Å². The number of aliphatic hydroxyl groups excluding tert-OH is 1. The average molecular weight is 517 g/mol. The minimum Gasteiger partial charge on any atom is -0.491 e. The average Bonchev–Trinajstić information content (AvgIpc) is 2.92. The summed E-state index contributed by atoms with van der Waals surface area (Å²) in [5, 5.41) is 40.0. The van der Waals surface area contributed by atoms with Gasteiger partial charge in [0.25, 0.3) is 0 Å². The monoisotopic (exact) mass is 516 g/mol. The van der Waals surface area contributed by atoms with Crippen molar-refractivity contribution in [2.75, 3.05) is 44.3 Å². The number of ether oxygens (including phenoxy) is 1. The van der Waals surface area contributed by atoms with Crippen LogP contribution in [0.5, 0.6) is 5.75 Å². The maximum Gasteiger partial charge on any atom is 0.120 e. The number of benzene rings is 3. The summed E-state index contributed by atoms with van der Waals surface area (Å²) in [6.07, 6.45) is 0. The summed E-state index contributed by atoms with van der Waals surface area (Å²) in [5.74, 6) is 0.537. The molecule has 4 rings (SSSR count). The van der Waals surface area contributed by atoms with Gasteiger partial charge in [0.1, 0.15) is 18.4 Å². The number of nitrogens with zero attached hydrogens (tertiary/aromatic N) is 4. The molecule has 0 aromatic heterocycles. The van der Waals surface area contributed by atoms with Gasteiger partial charge in [-0.2, -0.15) is 10.5 Å². The topological polar surface area (TPSA) is 104 Å². The van der Waals surface area contributed by atoms with Crippen LogP contribution in [0.2, 0.25) is 5.02 Å². The summed E-state index contributed by atoms with van der Waals surface area (Å²) in [5.41, 5.74) is 2.55. The molecule has 1 aliphatic heterocycles. The third-order valence-electron chi connectivity index (χ3n) is 6.64. The molecular formula is C29H29ClN4O3. The Kier molecular flexibility index (Phi) is 8.33. The lowest BCUT2D eigenvalue weighted by molar-refractivity contribution is 0.0103. The van der Waals surface area contributed by atoms with Crippen molar-refractivity contribution in [2.24, 2.45) is 0 Å². The Balaban J connectivity index is 1.61. The Morgan fingerprint density at radius 2 is 1.76 bits per heavy atom. The summed E-state index contributed by atoms with van der Waals surface area (Å²) < 4.78 is 5.51. The molecule has 0 radical (unpaired) electrons. The van der Waals surface area contributed by atoms with Crippen LogP contribution in [0.1, 0.15) is 35.2 Å². The highest BCUT2D eigenvalue weighted by Gasteiger charge is 2.34. The van der Waals surface area contributed by atoms with E-state index in [4.69, 9.17) is 26.7 Å². The second-order valence-corrected chi connectivity index (χ2v) is 9.76. The second-order valence-electron chi connectivity index (χ2n) is 9.32. The predicted molar refractivity (Wildman–Crippen MR) is 142 cm³/mol. The molecule has 1 heterocycles. The number of anilines is 1. The smallest absolute Gasteiger partial charge is 0.120 e. The van der Waals surface area contributed by atoms with Crippen LogP contribution in [0.25, 0.3) is 0 Å². The largest absolute Gasteiger partial charge is 0.491 e. The summed E-state index contributed by atoms with van der Waals surface area (Å²) in [7, 11) is 0. The molecule has 2 atom stereocenters. The molecule has 7 nitrogen and oxygen atoms in total. The first-order chi connectivity index (χ1) is 17.8. The van der Waals surface area contributed by atoms with Gasteiger partial charge >= 0.3 is 0 Å². The van der Waals surface area contributed by atoms with E-state index in [0.29, 0.717) is 48.1 Å². The van der Waals surface area contributed by atoms with Crippen LogP contribution < -0.4 is 9.64 Å². The van der Waals surface area contributed by atoms with E-state index < -0.39 is 5.60 Å². The predicted octanol–water partition coefficient (Wildman–Crippen LogP) is 4.23. The zero-order valence-electron chi connectivity index (χ0n) is 20.6. The fourth-order valence-corrected chi connectivity index (χ4v) is 4.91. The number of β-amino-alcohol motifs (C(OH)–C–C–N with tert-alkyl or cyclic N) is 1. The van der Waals surface area contributed by atoms with Gasteiger partial charge in [0, 0.05) is 31.2 Å². The molecule has 0 unspecified atom stereocenters. The molecular weight excluding hydrogens is 488 g/mol. The van der Waals surface area contributed by atoms with E-state index >= 15 is 0 Å². The van der Waals surface area contributed by atoms with Crippen molar-refractivity contribution in [3.05, 3.63) is 94.0 Å². The van der Waals surface area contributed by atoms with E-state index in [0.717, 1.165) is 16.8 Å². The molecule has 3 aromatic rings. The van der Waals surface area contributed by atoms with E-state index in [-0.39, 0.29) is 19.3 Å². The molecule has 0 bridgehead atoms. The van der Waals surface area contributed by atoms with Crippen LogP contribution >= 0.6 is 11.6 Å². The molecule has 37 heavy (non-hydrogen) atoms. The minimum absolute atomic E-state index is 0.0842. The number of halogens is 1. The second kappa shape index (κ2) is 11.6. The number of aliphatic hydroxyl groups is 2. The number of rotatable bonds is 8. The Morgan fingerprint density at radius 3 is 2.41 bits per heavy atom. The third kappa shape index (κ3) is 6.22. The molecule has 1 fully saturated rings. The molecule has 1 saturated heterocycles. The maximum absolute atomic E-state index is 11.3. The fraction of sp³-hybridized carbons (Fsp3) is 0.310. The van der Waals surface area contributed by atoms with Crippen LogP contribution in [-0.4, -0.2) is 54.5 Å². The minimum atomic E-state index is -1.11. The van der Waals surface area contributed by atoms with E-state index in [1.54, 1.807) is 37.3 Å². The van der Waals surface area contributed by atoms with Crippen molar-refractivity contribution >= 4 is 17.3 Å². The fourth-order valence-electron chi connectivity index (χ4n) is 4.78. The van der Waals surface area contributed by atoms with Gasteiger partial charge in [-0.15, -0.1) is 0 Å². The lowest BCUT2D eigenvalue weighted by Gasteiger charge is -2.45. The highest BCUT2D eigenvalue weighted by Crippen LogP contribution is 2.36. The molecule has 190 valence electrons. The van der Waals surface area contributed by atoms with Crippen LogP contribution in [0, 0.1) is 22.7 Å². The lowest BCUT2D eigenvalue weighted by atomic mass is 9.93. The number of nitriles is 2. The van der Waals surface area contributed by atoms with E-state index in [1.807, 2.05) is 36.4 Å². The summed E-state index contributed by atoms with van der Waals surface area (Å²) in [6, 6.07) is 24.4. The van der Waals surface area contributed by atoms with E-state index in [9.17, 15) is 10.4 Å². The van der Waals surface area contributed by atoms with Gasteiger partial charge in [0.15, 0.2) is 0 Å². The van der Waals surface area contributed by atoms with Gasteiger partial charge in [-0.3, -0.25) is 4.90 Å². The molecule has 8 heteroatoms. The maximum atomic E-state index is 11.3. The van der Waals surface area contributed by atoms with Crippen LogP contribution in [0.15, 0.2) is 66.7 Å². The highest BCUT2D eigenvalue weighted by molar-refractivity contribution is 6.30. The normalized spacial score (nSPS) is 17.5. The van der Waals surface area contributed by atoms with E-state index in [1.165, 1.54) is 0 Å². The van der Waals surface area contributed by atoms with Crippen molar-refractivity contribution < 1.29 is 14.9 Å². The molecule has 0 aliphatic carbocycles. The third-order valence-corrected chi connectivity index (χ3v) is 6.90. The number of piperazine rings is 1.